The zero-order valence-electron chi connectivity index (χ0n) is 23.8. The molecule has 5 aliphatic rings. The SMILES string of the molecule is CC(=O)OCC(=O)[C@@]12CN(CCC(C)C)C[C@@H]1CC1[C@@H]3C[C@H](C)C4=CC(=O)C=C[C@]4(C)[C@@]3(F)[C@@H](O)C[C@@]12C. The van der Waals surface area contributed by atoms with Gasteiger partial charge in [0.05, 0.1) is 11.5 Å². The molecule has 3 saturated carbocycles. The van der Waals surface area contributed by atoms with Crippen molar-refractivity contribution in [1.82, 2.24) is 4.90 Å². The van der Waals surface area contributed by atoms with Crippen molar-refractivity contribution in [3.8, 4) is 0 Å². The van der Waals surface area contributed by atoms with E-state index in [0.717, 1.165) is 25.1 Å². The Morgan fingerprint density at radius 1 is 1.24 bits per heavy atom. The first kappa shape index (κ1) is 27.7. The van der Waals surface area contributed by atoms with E-state index in [-0.39, 0.29) is 42.3 Å². The van der Waals surface area contributed by atoms with Gasteiger partial charge >= 0.3 is 5.97 Å². The fraction of sp³-hybridized carbons (Fsp3) is 0.774. The van der Waals surface area contributed by atoms with E-state index in [1.807, 2.05) is 6.92 Å². The largest absolute Gasteiger partial charge is 0.458 e. The molecule has 1 aliphatic heterocycles. The van der Waals surface area contributed by atoms with Crippen LogP contribution >= 0.6 is 0 Å². The smallest absolute Gasteiger partial charge is 0.303 e. The van der Waals surface area contributed by atoms with Gasteiger partial charge in [-0.1, -0.05) is 39.3 Å². The molecule has 4 fully saturated rings. The highest BCUT2D eigenvalue weighted by Gasteiger charge is 2.77. The summed E-state index contributed by atoms with van der Waals surface area (Å²) in [6.07, 6.45) is 5.87. The number of aliphatic hydroxyl groups excluding tert-OH is 1. The Bertz CT molecular complexity index is 1100. The Kier molecular flexibility index (Phi) is 6.62. The average molecular weight is 530 g/mol. The summed E-state index contributed by atoms with van der Waals surface area (Å²) in [6, 6.07) is 0. The molecule has 9 atom stereocenters. The lowest BCUT2D eigenvalue weighted by Crippen LogP contribution is -2.69. The Morgan fingerprint density at radius 3 is 2.61 bits per heavy atom. The number of fused-ring (bicyclic) bond motifs is 7. The monoisotopic (exact) mass is 529 g/mol. The number of aliphatic hydroxyl groups is 1. The quantitative estimate of drug-likeness (QED) is 0.517. The van der Waals surface area contributed by atoms with Gasteiger partial charge < -0.3 is 14.7 Å². The number of nitrogens with zero attached hydrogens (tertiary/aromatic N) is 1. The second kappa shape index (κ2) is 9.09. The minimum atomic E-state index is -1.93. The molecule has 1 saturated heterocycles. The van der Waals surface area contributed by atoms with Crippen LogP contribution in [-0.4, -0.2) is 65.6 Å². The maximum atomic E-state index is 17.7. The standard InChI is InChI=1S/C31H44FNO5/c1-18(2)8-10-33-15-21-12-24-25-11-19(3)23-13-22(35)7-9-28(23,5)31(25,32)26(36)14-29(24,6)30(21,17-33)27(37)16-38-20(4)34/h7,9,13,18-19,21,24-26,36H,8,10-12,14-17H2,1-6H3/t19-,21-,24?,25-,26-,28-,29-,30+,31-/m0/s1. The van der Waals surface area contributed by atoms with Crippen LogP contribution in [0, 0.1) is 45.8 Å². The molecular weight excluding hydrogens is 485 g/mol. The van der Waals surface area contributed by atoms with Crippen molar-refractivity contribution in [2.24, 2.45) is 45.8 Å². The lowest BCUT2D eigenvalue weighted by Gasteiger charge is -2.64. The van der Waals surface area contributed by atoms with Gasteiger partial charge in [-0.3, -0.25) is 14.4 Å². The van der Waals surface area contributed by atoms with Gasteiger partial charge in [-0.2, -0.15) is 0 Å². The Morgan fingerprint density at radius 2 is 1.95 bits per heavy atom. The number of ketones is 2. The highest BCUT2D eigenvalue weighted by molar-refractivity contribution is 6.01. The third kappa shape index (κ3) is 3.59. The van der Waals surface area contributed by atoms with Crippen molar-refractivity contribution in [3.05, 3.63) is 23.8 Å². The van der Waals surface area contributed by atoms with Crippen LogP contribution in [0.2, 0.25) is 0 Å². The summed E-state index contributed by atoms with van der Waals surface area (Å²) < 4.78 is 22.9. The van der Waals surface area contributed by atoms with Gasteiger partial charge in [-0.15, -0.1) is 0 Å². The van der Waals surface area contributed by atoms with Crippen molar-refractivity contribution in [2.75, 3.05) is 26.2 Å². The summed E-state index contributed by atoms with van der Waals surface area (Å²) >= 11 is 0. The third-order valence-electron chi connectivity index (χ3n) is 11.5. The Labute approximate surface area is 226 Å². The van der Waals surface area contributed by atoms with Gasteiger partial charge in [0, 0.05) is 31.3 Å². The number of carbonyl (C=O) groups excluding carboxylic acids is 3. The average Bonchev–Trinajstić information content (AvgIpc) is 3.32. The number of esters is 1. The fourth-order valence-corrected chi connectivity index (χ4v) is 9.68. The first-order valence-corrected chi connectivity index (χ1v) is 14.4. The lowest BCUT2D eigenvalue weighted by molar-refractivity contribution is -0.211. The molecule has 38 heavy (non-hydrogen) atoms. The third-order valence-corrected chi connectivity index (χ3v) is 11.5. The zero-order chi connectivity index (χ0) is 27.8. The molecule has 6 nitrogen and oxygen atoms in total. The van der Waals surface area contributed by atoms with Crippen LogP contribution in [0.1, 0.15) is 67.2 Å². The van der Waals surface area contributed by atoms with E-state index in [9.17, 15) is 19.5 Å². The van der Waals surface area contributed by atoms with Crippen LogP contribution in [0.5, 0.6) is 0 Å². The van der Waals surface area contributed by atoms with E-state index >= 15 is 4.39 Å². The molecule has 1 heterocycles. The molecule has 0 amide bonds. The van der Waals surface area contributed by atoms with Crippen molar-refractivity contribution >= 4 is 17.5 Å². The Hall–Kier alpha value is -1.86. The summed E-state index contributed by atoms with van der Waals surface area (Å²) in [6.45, 7) is 13.6. The summed E-state index contributed by atoms with van der Waals surface area (Å²) in [4.78, 5) is 40.4. The van der Waals surface area contributed by atoms with E-state index in [1.54, 1.807) is 12.2 Å². The van der Waals surface area contributed by atoms with E-state index in [0.29, 0.717) is 25.3 Å². The normalized spacial score (nSPS) is 45.8. The number of allylic oxidation sites excluding steroid dienone is 4. The second-order valence-electron chi connectivity index (χ2n) is 13.8. The summed E-state index contributed by atoms with van der Waals surface area (Å²) in [7, 11) is 0. The molecule has 0 aromatic carbocycles. The van der Waals surface area contributed by atoms with E-state index in [4.69, 9.17) is 4.74 Å². The minimum absolute atomic E-state index is 0.00648. The molecule has 1 unspecified atom stereocenters. The highest BCUT2D eigenvalue weighted by atomic mass is 19.1. The second-order valence-corrected chi connectivity index (χ2v) is 13.8. The predicted octanol–water partition coefficient (Wildman–Crippen LogP) is 4.31. The molecule has 4 aliphatic carbocycles. The molecule has 0 radical (unpaired) electrons. The van der Waals surface area contributed by atoms with Gasteiger partial charge in [0.2, 0.25) is 0 Å². The maximum absolute atomic E-state index is 17.7. The molecule has 210 valence electrons. The van der Waals surface area contributed by atoms with Crippen LogP contribution < -0.4 is 0 Å². The summed E-state index contributed by atoms with van der Waals surface area (Å²) in [5.41, 5.74) is -3.66. The molecule has 0 spiro atoms. The van der Waals surface area contributed by atoms with E-state index < -0.39 is 39.9 Å². The van der Waals surface area contributed by atoms with Crippen LogP contribution in [0.25, 0.3) is 0 Å². The number of hydrogen-bond donors (Lipinski definition) is 1. The predicted molar refractivity (Wildman–Crippen MR) is 142 cm³/mol. The topological polar surface area (TPSA) is 83.9 Å². The number of rotatable bonds is 6. The highest BCUT2D eigenvalue weighted by Crippen LogP contribution is 2.74. The number of hydrogen-bond acceptors (Lipinski definition) is 6. The van der Waals surface area contributed by atoms with E-state index in [2.05, 4.69) is 32.6 Å². The minimum Gasteiger partial charge on any atom is -0.458 e. The van der Waals surface area contributed by atoms with Gasteiger partial charge in [0.25, 0.3) is 0 Å². The zero-order valence-corrected chi connectivity index (χ0v) is 23.8. The maximum Gasteiger partial charge on any atom is 0.303 e. The fourth-order valence-electron chi connectivity index (χ4n) is 9.68. The van der Waals surface area contributed by atoms with Gasteiger partial charge in [0.15, 0.2) is 23.8 Å². The van der Waals surface area contributed by atoms with Crippen LogP contribution in [0.4, 0.5) is 4.39 Å². The number of carbonyl (C=O) groups is 3. The van der Waals surface area contributed by atoms with Gasteiger partial charge in [-0.25, -0.2) is 4.39 Å². The van der Waals surface area contributed by atoms with Gasteiger partial charge in [-0.05, 0) is 80.4 Å². The molecular formula is C31H44FNO5. The first-order chi connectivity index (χ1) is 17.7. The van der Waals surface area contributed by atoms with Crippen LogP contribution in [0.3, 0.4) is 0 Å². The number of halogens is 1. The molecule has 1 N–H and O–H groups in total. The number of ether oxygens (including phenoxy) is 1. The molecule has 0 bridgehead atoms. The van der Waals surface area contributed by atoms with Crippen molar-refractivity contribution in [3.63, 3.8) is 0 Å². The van der Waals surface area contributed by atoms with Crippen molar-refractivity contribution < 1.29 is 28.6 Å². The molecule has 5 rings (SSSR count). The van der Waals surface area contributed by atoms with E-state index in [1.165, 1.54) is 13.0 Å². The van der Waals surface area contributed by atoms with Gasteiger partial charge in [0.1, 0.15) is 0 Å². The summed E-state index contributed by atoms with van der Waals surface area (Å²) in [5.74, 6) is -0.698. The number of likely N-dealkylation sites (tertiary alicyclic amines) is 1. The van der Waals surface area contributed by atoms with Crippen molar-refractivity contribution in [1.29, 1.82) is 0 Å². The molecule has 7 heteroatoms. The number of alkyl halides is 1. The van der Waals surface area contributed by atoms with Crippen molar-refractivity contribution in [2.45, 2.75) is 79.0 Å². The Balaban J connectivity index is 1.56. The molecule has 0 aromatic heterocycles. The van der Waals surface area contributed by atoms with Crippen LogP contribution in [-0.2, 0) is 19.1 Å². The lowest BCUT2D eigenvalue weighted by atomic mass is 9.42. The first-order valence-electron chi connectivity index (χ1n) is 14.4. The molecule has 0 aromatic rings. The number of Topliss-reactive ketones (excluding diaryl/α,β-unsaturated/α-hetero) is 1. The van der Waals surface area contributed by atoms with Crippen LogP contribution in [0.15, 0.2) is 23.8 Å². The summed E-state index contributed by atoms with van der Waals surface area (Å²) in [5, 5.41) is 11.8.